The molecule has 14 heteroatoms. The molecule has 11 nitrogen and oxygen atoms in total. The summed E-state index contributed by atoms with van der Waals surface area (Å²) in [7, 11) is 4.19. The van der Waals surface area contributed by atoms with Crippen LogP contribution in [0.25, 0.3) is 22.4 Å². The Kier molecular flexibility index (Phi) is 7.12. The van der Waals surface area contributed by atoms with Gasteiger partial charge in [0.25, 0.3) is 5.56 Å². The van der Waals surface area contributed by atoms with Crippen LogP contribution in [0, 0.1) is 0 Å². The number of carbonyl (C=O) groups excluding carboxylic acids is 1. The second-order valence-corrected chi connectivity index (χ2v) is 9.68. The van der Waals surface area contributed by atoms with E-state index in [-0.39, 0.29) is 16.3 Å². The molecule has 0 aliphatic carbocycles. The van der Waals surface area contributed by atoms with Crippen LogP contribution < -0.4 is 27.0 Å². The molecular weight excluding hydrogens is 531 g/mol. The SMILES string of the molecule is CCCOc1c(Cl)cc(-c2csc(NC(=O)Cn3c(=O)n(C)c4c3c(=O)n(C)c(=O)n4C)n2)cc1Cl. The van der Waals surface area contributed by atoms with Gasteiger partial charge in [-0.1, -0.05) is 30.1 Å². The smallest absolute Gasteiger partial charge is 0.332 e. The lowest BCUT2D eigenvalue weighted by atomic mass is 10.1. The minimum atomic E-state index is -0.671. The van der Waals surface area contributed by atoms with Crippen molar-refractivity contribution in [1.82, 2.24) is 23.3 Å². The molecule has 0 bridgehead atoms. The molecule has 4 aromatic rings. The maximum absolute atomic E-state index is 12.8. The third kappa shape index (κ3) is 4.47. The van der Waals surface area contributed by atoms with Crippen molar-refractivity contribution in [2.24, 2.45) is 21.1 Å². The van der Waals surface area contributed by atoms with Crippen LogP contribution in [0.3, 0.4) is 0 Å². The summed E-state index contributed by atoms with van der Waals surface area (Å²) in [5.41, 5.74) is -0.602. The van der Waals surface area contributed by atoms with Gasteiger partial charge in [0.15, 0.2) is 22.0 Å². The number of thiazole rings is 1. The first-order chi connectivity index (χ1) is 17.0. The van der Waals surface area contributed by atoms with Crippen molar-refractivity contribution < 1.29 is 9.53 Å². The molecule has 190 valence electrons. The number of amides is 1. The summed E-state index contributed by atoms with van der Waals surface area (Å²) in [6, 6.07) is 3.35. The summed E-state index contributed by atoms with van der Waals surface area (Å²) in [5.74, 6) is -0.169. The van der Waals surface area contributed by atoms with Gasteiger partial charge in [-0.15, -0.1) is 11.3 Å². The van der Waals surface area contributed by atoms with E-state index >= 15 is 0 Å². The molecule has 0 aliphatic rings. The third-order valence-electron chi connectivity index (χ3n) is 5.51. The van der Waals surface area contributed by atoms with Crippen LogP contribution in [0.5, 0.6) is 5.75 Å². The van der Waals surface area contributed by atoms with Crippen LogP contribution in [0.4, 0.5) is 5.13 Å². The number of hydrogen-bond donors (Lipinski definition) is 1. The van der Waals surface area contributed by atoms with Gasteiger partial charge >= 0.3 is 11.4 Å². The highest BCUT2D eigenvalue weighted by atomic mass is 35.5. The lowest BCUT2D eigenvalue weighted by molar-refractivity contribution is -0.116. The molecule has 0 saturated heterocycles. The fourth-order valence-electron chi connectivity index (χ4n) is 3.77. The van der Waals surface area contributed by atoms with Gasteiger partial charge in [0.2, 0.25) is 5.91 Å². The number of halogens is 2. The number of nitrogens with one attached hydrogen (secondary N) is 1. The van der Waals surface area contributed by atoms with Crippen LogP contribution in [0.1, 0.15) is 13.3 Å². The number of aryl methyl sites for hydroxylation is 2. The first-order valence-corrected chi connectivity index (χ1v) is 12.4. The van der Waals surface area contributed by atoms with E-state index < -0.39 is 29.4 Å². The Hall–Kier alpha value is -3.35. The number of nitrogens with zero attached hydrogens (tertiary/aromatic N) is 5. The molecule has 3 aromatic heterocycles. The van der Waals surface area contributed by atoms with Gasteiger partial charge in [0.1, 0.15) is 6.54 Å². The summed E-state index contributed by atoms with van der Waals surface area (Å²) in [6.45, 7) is 2.01. The molecule has 36 heavy (non-hydrogen) atoms. The molecule has 1 N–H and O–H groups in total. The predicted octanol–water partition coefficient (Wildman–Crippen LogP) is 2.60. The number of imidazole rings is 1. The Morgan fingerprint density at radius 2 is 1.69 bits per heavy atom. The molecule has 0 atom stereocenters. The Balaban J connectivity index is 1.60. The largest absolute Gasteiger partial charge is 0.490 e. The summed E-state index contributed by atoms with van der Waals surface area (Å²) in [5, 5.41) is 5.33. The summed E-state index contributed by atoms with van der Waals surface area (Å²) >= 11 is 13.8. The Labute approximate surface area is 218 Å². The van der Waals surface area contributed by atoms with Gasteiger partial charge in [-0.05, 0) is 18.6 Å². The topological polar surface area (TPSA) is 122 Å². The Morgan fingerprint density at radius 1 is 1.06 bits per heavy atom. The van der Waals surface area contributed by atoms with Crippen molar-refractivity contribution >= 4 is 56.7 Å². The zero-order chi connectivity index (χ0) is 26.3. The van der Waals surface area contributed by atoms with Crippen LogP contribution >= 0.6 is 34.5 Å². The fourth-order valence-corrected chi connectivity index (χ4v) is 5.10. The second kappa shape index (κ2) is 9.96. The van der Waals surface area contributed by atoms with Crippen molar-refractivity contribution in [2.75, 3.05) is 11.9 Å². The first kappa shape index (κ1) is 25.7. The maximum Gasteiger partial charge on any atom is 0.332 e. The zero-order valence-corrected chi connectivity index (χ0v) is 22.1. The van der Waals surface area contributed by atoms with Crippen molar-refractivity contribution in [3.63, 3.8) is 0 Å². The standard InChI is InChI=1S/C22H22Cl2N6O5S/c1-5-6-35-17-12(23)7-11(8-13(17)24)14-10-36-20(25-14)26-15(31)9-30-16-18(28(3)22(30)34)27(2)21(33)29(4)19(16)32/h7-8,10H,5-6,9H2,1-4H3,(H,25,26,31). The maximum atomic E-state index is 12.8. The number of anilines is 1. The lowest BCUT2D eigenvalue weighted by Crippen LogP contribution is -2.38. The molecule has 3 heterocycles. The molecule has 1 amide bonds. The number of rotatable bonds is 7. The Morgan fingerprint density at radius 3 is 2.33 bits per heavy atom. The summed E-state index contributed by atoms with van der Waals surface area (Å²) in [4.78, 5) is 55.0. The van der Waals surface area contributed by atoms with Gasteiger partial charge in [0, 0.05) is 32.1 Å². The normalized spacial score (nSPS) is 11.3. The summed E-state index contributed by atoms with van der Waals surface area (Å²) in [6.07, 6.45) is 0.807. The number of carbonyl (C=O) groups is 1. The number of aromatic nitrogens is 5. The van der Waals surface area contributed by atoms with E-state index in [1.54, 1.807) is 17.5 Å². The minimum Gasteiger partial charge on any atom is -0.490 e. The van der Waals surface area contributed by atoms with E-state index in [2.05, 4.69) is 10.3 Å². The fraction of sp³-hybridized carbons (Fsp3) is 0.318. The lowest BCUT2D eigenvalue weighted by Gasteiger charge is -2.10. The van der Waals surface area contributed by atoms with Gasteiger partial charge in [-0.3, -0.25) is 27.9 Å². The molecule has 0 saturated carbocycles. The number of hydrogen-bond acceptors (Lipinski definition) is 7. The van der Waals surface area contributed by atoms with Crippen molar-refractivity contribution in [2.45, 2.75) is 19.9 Å². The second-order valence-electron chi connectivity index (χ2n) is 8.01. The van der Waals surface area contributed by atoms with Gasteiger partial charge in [0.05, 0.1) is 22.3 Å². The van der Waals surface area contributed by atoms with Crippen LogP contribution in [-0.4, -0.2) is 35.8 Å². The van der Waals surface area contributed by atoms with Crippen molar-refractivity contribution in [1.29, 1.82) is 0 Å². The molecule has 0 radical (unpaired) electrons. The quantitative estimate of drug-likeness (QED) is 0.376. The Bertz CT molecular complexity index is 1660. The van der Waals surface area contributed by atoms with E-state index in [1.165, 1.54) is 37.0 Å². The van der Waals surface area contributed by atoms with Crippen LogP contribution in [-0.2, 0) is 32.5 Å². The average molecular weight is 553 g/mol. The van der Waals surface area contributed by atoms with E-state index in [0.29, 0.717) is 33.7 Å². The van der Waals surface area contributed by atoms with Gasteiger partial charge in [-0.2, -0.15) is 0 Å². The van der Waals surface area contributed by atoms with E-state index in [0.717, 1.165) is 20.1 Å². The third-order valence-corrected chi connectivity index (χ3v) is 6.83. The number of fused-ring (bicyclic) bond motifs is 1. The van der Waals surface area contributed by atoms with Crippen LogP contribution in [0.2, 0.25) is 10.0 Å². The molecular formula is C22H22Cl2N6O5S. The highest BCUT2D eigenvalue weighted by molar-refractivity contribution is 7.14. The number of ether oxygens (including phenoxy) is 1. The van der Waals surface area contributed by atoms with Gasteiger partial charge in [-0.25, -0.2) is 14.6 Å². The van der Waals surface area contributed by atoms with Crippen LogP contribution in [0.15, 0.2) is 31.9 Å². The molecule has 0 spiro atoms. The zero-order valence-electron chi connectivity index (χ0n) is 19.8. The molecule has 4 rings (SSSR count). The minimum absolute atomic E-state index is 0.0447. The molecule has 0 unspecified atom stereocenters. The number of benzene rings is 1. The molecule has 0 aliphatic heterocycles. The average Bonchev–Trinajstić information content (AvgIpc) is 3.39. The summed E-state index contributed by atoms with van der Waals surface area (Å²) < 4.78 is 9.86. The highest BCUT2D eigenvalue weighted by Crippen LogP contribution is 2.38. The van der Waals surface area contributed by atoms with E-state index in [4.69, 9.17) is 27.9 Å². The van der Waals surface area contributed by atoms with Crippen molar-refractivity contribution in [3.8, 4) is 17.0 Å². The van der Waals surface area contributed by atoms with E-state index in [1.807, 2.05) is 6.92 Å². The van der Waals surface area contributed by atoms with Gasteiger partial charge < -0.3 is 10.1 Å². The molecule has 0 fully saturated rings. The molecule has 1 aromatic carbocycles. The highest BCUT2D eigenvalue weighted by Gasteiger charge is 2.21. The predicted molar refractivity (Wildman–Crippen MR) is 140 cm³/mol. The first-order valence-electron chi connectivity index (χ1n) is 10.8. The van der Waals surface area contributed by atoms with E-state index in [9.17, 15) is 19.2 Å². The monoisotopic (exact) mass is 552 g/mol. The van der Waals surface area contributed by atoms with Crippen molar-refractivity contribution in [3.05, 3.63) is 58.9 Å².